The van der Waals surface area contributed by atoms with Crippen molar-refractivity contribution in [3.63, 3.8) is 0 Å². The lowest BCUT2D eigenvalue weighted by Crippen LogP contribution is -2.15. The van der Waals surface area contributed by atoms with Gasteiger partial charge < -0.3 is 19.7 Å². The molecule has 0 fully saturated rings. The number of aromatic nitrogens is 1. The van der Waals surface area contributed by atoms with Crippen LogP contribution in [0.3, 0.4) is 0 Å². The van der Waals surface area contributed by atoms with E-state index >= 15 is 0 Å². The van der Waals surface area contributed by atoms with Crippen molar-refractivity contribution >= 4 is 5.84 Å². The lowest BCUT2D eigenvalue weighted by atomic mass is 10.1. The number of benzene rings is 2. The molecule has 0 atom stereocenters. The van der Waals surface area contributed by atoms with Crippen LogP contribution in [0.5, 0.6) is 5.75 Å². The Hall–Kier alpha value is -3.28. The van der Waals surface area contributed by atoms with Crippen LogP contribution in [0.25, 0.3) is 11.5 Å². The van der Waals surface area contributed by atoms with Gasteiger partial charge in [0.1, 0.15) is 23.5 Å². The van der Waals surface area contributed by atoms with Gasteiger partial charge in [-0.3, -0.25) is 0 Å². The molecule has 3 rings (SSSR count). The third-order valence-corrected chi connectivity index (χ3v) is 3.51. The molecule has 6 nitrogen and oxygen atoms in total. The van der Waals surface area contributed by atoms with Crippen LogP contribution in [-0.4, -0.2) is 17.9 Å². The number of methoxy groups -OCH3 is 1. The Balaban J connectivity index is 1.55. The third-order valence-electron chi connectivity index (χ3n) is 3.51. The zero-order valence-corrected chi connectivity index (χ0v) is 13.9. The number of hydrogen-bond donors (Lipinski definition) is 1. The standard InChI is InChI=1S/C19H19N3O3/c1-23-17-9-7-15(8-10-17)19-21-16(12-24-19)13-25-22-18(20)11-14-5-3-2-4-6-14/h2-10,12H,11,13H2,1H3,(H2,20,22). The average Bonchev–Trinajstić information content (AvgIpc) is 3.11. The molecule has 0 saturated heterocycles. The highest BCUT2D eigenvalue weighted by atomic mass is 16.6. The summed E-state index contributed by atoms with van der Waals surface area (Å²) in [5.74, 6) is 1.70. The first kappa shape index (κ1) is 16.6. The number of ether oxygens (including phenoxy) is 1. The Morgan fingerprint density at radius 3 is 2.60 bits per heavy atom. The summed E-state index contributed by atoms with van der Waals surface area (Å²) in [7, 11) is 1.62. The van der Waals surface area contributed by atoms with Crippen LogP contribution in [0.15, 0.2) is 70.4 Å². The number of hydrogen-bond acceptors (Lipinski definition) is 5. The Bertz CT molecular complexity index is 827. The van der Waals surface area contributed by atoms with Crippen molar-refractivity contribution in [2.24, 2.45) is 10.9 Å². The minimum absolute atomic E-state index is 0.190. The Morgan fingerprint density at radius 1 is 1.12 bits per heavy atom. The summed E-state index contributed by atoms with van der Waals surface area (Å²) < 4.78 is 10.6. The number of nitrogens with zero attached hydrogens (tertiary/aromatic N) is 2. The van der Waals surface area contributed by atoms with Crippen molar-refractivity contribution in [3.05, 3.63) is 72.1 Å². The van der Waals surface area contributed by atoms with E-state index in [1.165, 1.54) is 0 Å². The number of oxime groups is 1. The van der Waals surface area contributed by atoms with Crippen LogP contribution in [-0.2, 0) is 17.9 Å². The molecule has 0 unspecified atom stereocenters. The first-order valence-corrected chi connectivity index (χ1v) is 7.81. The SMILES string of the molecule is COc1ccc(-c2nc(CO/N=C(/N)Cc3ccccc3)co2)cc1. The summed E-state index contributed by atoms with van der Waals surface area (Å²) in [6.45, 7) is 0.190. The maximum atomic E-state index is 5.86. The quantitative estimate of drug-likeness (QED) is 0.406. The van der Waals surface area contributed by atoms with E-state index < -0.39 is 0 Å². The fraction of sp³-hybridized carbons (Fsp3) is 0.158. The van der Waals surface area contributed by atoms with E-state index in [2.05, 4.69) is 10.1 Å². The molecule has 0 radical (unpaired) electrons. The maximum Gasteiger partial charge on any atom is 0.226 e. The fourth-order valence-electron chi connectivity index (χ4n) is 2.26. The van der Waals surface area contributed by atoms with Gasteiger partial charge in [0.15, 0.2) is 6.61 Å². The van der Waals surface area contributed by atoms with E-state index in [1.54, 1.807) is 13.4 Å². The molecule has 0 amide bonds. The molecule has 0 saturated carbocycles. The van der Waals surface area contributed by atoms with Crippen LogP contribution < -0.4 is 10.5 Å². The lowest BCUT2D eigenvalue weighted by molar-refractivity contribution is 0.127. The Kier molecular flexibility index (Phi) is 5.31. The van der Waals surface area contributed by atoms with Crippen molar-refractivity contribution in [2.45, 2.75) is 13.0 Å². The molecule has 0 spiro atoms. The van der Waals surface area contributed by atoms with Crippen LogP contribution in [0.4, 0.5) is 0 Å². The second kappa shape index (κ2) is 8.01. The fourth-order valence-corrected chi connectivity index (χ4v) is 2.26. The normalized spacial score (nSPS) is 11.3. The van der Waals surface area contributed by atoms with Crippen LogP contribution in [0.1, 0.15) is 11.3 Å². The first-order valence-electron chi connectivity index (χ1n) is 7.81. The Morgan fingerprint density at radius 2 is 1.88 bits per heavy atom. The monoisotopic (exact) mass is 337 g/mol. The van der Waals surface area contributed by atoms with E-state index in [-0.39, 0.29) is 6.61 Å². The largest absolute Gasteiger partial charge is 0.497 e. The average molecular weight is 337 g/mol. The van der Waals surface area contributed by atoms with Crippen molar-refractivity contribution in [1.29, 1.82) is 0 Å². The summed E-state index contributed by atoms with van der Waals surface area (Å²) in [5, 5.41) is 3.92. The van der Waals surface area contributed by atoms with Crippen molar-refractivity contribution in [2.75, 3.05) is 7.11 Å². The van der Waals surface area contributed by atoms with E-state index in [1.807, 2.05) is 54.6 Å². The van der Waals surface area contributed by atoms with E-state index in [4.69, 9.17) is 19.7 Å². The minimum Gasteiger partial charge on any atom is -0.497 e. The molecule has 0 aliphatic heterocycles. The second-order valence-corrected chi connectivity index (χ2v) is 5.39. The van der Waals surface area contributed by atoms with Crippen molar-refractivity contribution in [3.8, 4) is 17.2 Å². The molecule has 6 heteroatoms. The molecule has 0 bridgehead atoms. The molecule has 0 aliphatic carbocycles. The molecule has 1 aromatic heterocycles. The zero-order valence-electron chi connectivity index (χ0n) is 13.9. The number of amidine groups is 1. The Labute approximate surface area is 145 Å². The number of rotatable bonds is 7. The third kappa shape index (κ3) is 4.60. The summed E-state index contributed by atoms with van der Waals surface area (Å²) in [4.78, 5) is 9.63. The molecular weight excluding hydrogens is 318 g/mol. The molecule has 2 N–H and O–H groups in total. The first-order chi connectivity index (χ1) is 12.2. The van der Waals surface area contributed by atoms with Gasteiger partial charge in [-0.25, -0.2) is 4.98 Å². The van der Waals surface area contributed by atoms with Crippen molar-refractivity contribution in [1.82, 2.24) is 4.98 Å². The smallest absolute Gasteiger partial charge is 0.226 e. The maximum absolute atomic E-state index is 5.86. The van der Waals surface area contributed by atoms with Crippen molar-refractivity contribution < 1.29 is 14.0 Å². The minimum atomic E-state index is 0.190. The molecule has 128 valence electrons. The van der Waals surface area contributed by atoms with Gasteiger partial charge in [0, 0.05) is 12.0 Å². The van der Waals surface area contributed by atoms with Gasteiger partial charge in [0.05, 0.1) is 7.11 Å². The second-order valence-electron chi connectivity index (χ2n) is 5.39. The number of oxazole rings is 1. The predicted octanol–water partition coefficient (Wildman–Crippen LogP) is 3.38. The zero-order chi connectivity index (χ0) is 17.5. The van der Waals surface area contributed by atoms with E-state index in [0.717, 1.165) is 16.9 Å². The highest BCUT2D eigenvalue weighted by Crippen LogP contribution is 2.21. The van der Waals surface area contributed by atoms with Crippen LogP contribution in [0, 0.1) is 0 Å². The van der Waals surface area contributed by atoms with Gasteiger partial charge in [-0.15, -0.1) is 0 Å². The lowest BCUT2D eigenvalue weighted by Gasteiger charge is -2.01. The summed E-state index contributed by atoms with van der Waals surface area (Å²) in [5.41, 5.74) is 8.44. The molecule has 2 aromatic carbocycles. The van der Waals surface area contributed by atoms with E-state index in [0.29, 0.717) is 23.8 Å². The molecular formula is C19H19N3O3. The molecule has 3 aromatic rings. The number of nitrogens with two attached hydrogens (primary N) is 1. The molecule has 0 aliphatic rings. The van der Waals surface area contributed by atoms with Crippen LogP contribution >= 0.6 is 0 Å². The van der Waals surface area contributed by atoms with Gasteiger partial charge in [-0.1, -0.05) is 35.5 Å². The highest BCUT2D eigenvalue weighted by Gasteiger charge is 2.07. The van der Waals surface area contributed by atoms with E-state index in [9.17, 15) is 0 Å². The molecule has 1 heterocycles. The summed E-state index contributed by atoms with van der Waals surface area (Å²) in [6.07, 6.45) is 2.08. The predicted molar refractivity (Wildman–Crippen MR) is 95.0 cm³/mol. The van der Waals surface area contributed by atoms with Gasteiger partial charge in [0.25, 0.3) is 0 Å². The molecule has 25 heavy (non-hydrogen) atoms. The highest BCUT2D eigenvalue weighted by molar-refractivity contribution is 5.82. The summed E-state index contributed by atoms with van der Waals surface area (Å²) >= 11 is 0. The van der Waals surface area contributed by atoms with Crippen LogP contribution in [0.2, 0.25) is 0 Å². The van der Waals surface area contributed by atoms with Gasteiger partial charge >= 0.3 is 0 Å². The topological polar surface area (TPSA) is 82.9 Å². The van der Waals surface area contributed by atoms with Gasteiger partial charge in [-0.2, -0.15) is 0 Å². The van der Waals surface area contributed by atoms with Gasteiger partial charge in [-0.05, 0) is 29.8 Å². The van der Waals surface area contributed by atoms with Gasteiger partial charge in [0.2, 0.25) is 5.89 Å². The summed E-state index contributed by atoms with van der Waals surface area (Å²) in [6, 6.07) is 17.3.